The van der Waals surface area contributed by atoms with Gasteiger partial charge in [-0.05, 0) is 58.1 Å². The monoisotopic (exact) mass is 423 g/mol. The minimum absolute atomic E-state index is 0.0378. The van der Waals surface area contributed by atoms with Gasteiger partial charge in [0.2, 0.25) is 0 Å². The molecule has 2 aliphatic heterocycles. The van der Waals surface area contributed by atoms with Crippen LogP contribution in [-0.4, -0.2) is 53.0 Å². The molecular weight excluding hydrogens is 390 g/mol. The molecule has 1 atom stereocenters. The highest BCUT2D eigenvalue weighted by atomic mass is 16.1. The summed E-state index contributed by atoms with van der Waals surface area (Å²) in [7, 11) is 0. The van der Waals surface area contributed by atoms with Crippen LogP contribution in [0.25, 0.3) is 0 Å². The van der Waals surface area contributed by atoms with E-state index in [0.717, 1.165) is 61.9 Å². The van der Waals surface area contributed by atoms with Crippen LogP contribution in [0, 0.1) is 13.8 Å². The smallest absolute Gasteiger partial charge is 0.148 e. The van der Waals surface area contributed by atoms with Crippen molar-refractivity contribution in [1.82, 2.24) is 15.0 Å². The molecule has 0 spiro atoms. The van der Waals surface area contributed by atoms with E-state index in [0.29, 0.717) is 18.3 Å². The third-order valence-electron chi connectivity index (χ3n) is 6.37. The Hall–Kier alpha value is -2.74. The quantitative estimate of drug-likeness (QED) is 0.650. The number of anilines is 3. The Balaban J connectivity index is 1.44. The topological polar surface area (TPSA) is 109 Å². The van der Waals surface area contributed by atoms with Crippen molar-refractivity contribution >= 4 is 23.2 Å². The van der Waals surface area contributed by atoms with E-state index in [9.17, 15) is 4.79 Å². The van der Waals surface area contributed by atoms with E-state index in [1.807, 2.05) is 13.8 Å². The molecule has 0 unspecified atom stereocenters. The van der Waals surface area contributed by atoms with Gasteiger partial charge in [-0.15, -0.1) is 0 Å². The maximum atomic E-state index is 11.4. The fourth-order valence-corrected chi connectivity index (χ4v) is 4.40. The molecule has 2 aliphatic rings. The first-order valence-electron chi connectivity index (χ1n) is 11.3. The zero-order chi connectivity index (χ0) is 22.0. The lowest BCUT2D eigenvalue weighted by Crippen LogP contribution is -2.36. The number of piperidine rings is 1. The number of nitrogens with two attached hydrogens (primary N) is 1. The summed E-state index contributed by atoms with van der Waals surface area (Å²) in [6.45, 7) is 8.68. The Morgan fingerprint density at radius 1 is 1.26 bits per heavy atom. The van der Waals surface area contributed by atoms with Crippen LogP contribution in [0.5, 0.6) is 0 Å². The van der Waals surface area contributed by atoms with Crippen molar-refractivity contribution in [2.75, 3.05) is 41.7 Å². The molecule has 166 valence electrons. The molecule has 0 amide bonds. The zero-order valence-corrected chi connectivity index (χ0v) is 18.7. The number of hydrogen-bond acceptors (Lipinski definition) is 8. The van der Waals surface area contributed by atoms with Crippen LogP contribution >= 0.6 is 0 Å². The number of fused-ring (bicyclic) bond motifs is 1. The molecule has 8 nitrogen and oxygen atoms in total. The van der Waals surface area contributed by atoms with Crippen molar-refractivity contribution in [3.05, 3.63) is 34.8 Å². The highest BCUT2D eigenvalue weighted by Crippen LogP contribution is 2.33. The number of ketones is 1. The summed E-state index contributed by atoms with van der Waals surface area (Å²) in [6, 6.07) is 3.93. The Bertz CT molecular complexity index is 953. The molecule has 2 aromatic rings. The SMILES string of the molecule is CC(=O)[C@@H](N)CNc1nc(C)nc(N2CCC(c3ccc4c(n3)NCCC4)CC2)c1C. The number of aryl methyl sites for hydroxylation is 2. The standard InChI is InChI=1S/C23H33N7O/c1-14-21(26-13-19(24)15(2)31)27-16(3)28-23(14)30-11-8-17(9-12-30)20-7-6-18-5-4-10-25-22(18)29-20/h6-7,17,19H,4-5,8-13,24H2,1-3H3,(H,25,29)(H,26,27,28)/t19-/m0/s1. The number of rotatable bonds is 6. The summed E-state index contributed by atoms with van der Waals surface area (Å²) in [4.78, 5) is 28.0. The molecule has 1 fully saturated rings. The Morgan fingerprint density at radius 2 is 2.03 bits per heavy atom. The van der Waals surface area contributed by atoms with Gasteiger partial charge in [0, 0.05) is 43.4 Å². The van der Waals surface area contributed by atoms with Gasteiger partial charge < -0.3 is 21.3 Å². The highest BCUT2D eigenvalue weighted by molar-refractivity contribution is 5.81. The maximum absolute atomic E-state index is 11.4. The predicted molar refractivity (Wildman–Crippen MR) is 124 cm³/mol. The van der Waals surface area contributed by atoms with E-state index >= 15 is 0 Å². The molecular formula is C23H33N7O. The van der Waals surface area contributed by atoms with Crippen LogP contribution in [-0.2, 0) is 11.2 Å². The molecule has 0 saturated carbocycles. The number of nitrogens with one attached hydrogen (secondary N) is 2. The van der Waals surface area contributed by atoms with Gasteiger partial charge in [0.25, 0.3) is 0 Å². The summed E-state index contributed by atoms with van der Waals surface area (Å²) >= 11 is 0. The average molecular weight is 424 g/mol. The summed E-state index contributed by atoms with van der Waals surface area (Å²) < 4.78 is 0. The summed E-state index contributed by atoms with van der Waals surface area (Å²) in [6.07, 6.45) is 4.40. The van der Waals surface area contributed by atoms with Crippen molar-refractivity contribution in [3.8, 4) is 0 Å². The molecule has 0 aliphatic carbocycles. The first kappa shape index (κ1) is 21.5. The third-order valence-corrected chi connectivity index (χ3v) is 6.37. The maximum Gasteiger partial charge on any atom is 0.148 e. The highest BCUT2D eigenvalue weighted by Gasteiger charge is 2.25. The van der Waals surface area contributed by atoms with Crippen LogP contribution in [0.2, 0.25) is 0 Å². The van der Waals surface area contributed by atoms with Crippen LogP contribution in [0.15, 0.2) is 12.1 Å². The van der Waals surface area contributed by atoms with E-state index in [1.54, 1.807) is 0 Å². The van der Waals surface area contributed by atoms with Crippen LogP contribution < -0.4 is 21.3 Å². The van der Waals surface area contributed by atoms with Gasteiger partial charge in [-0.25, -0.2) is 15.0 Å². The van der Waals surface area contributed by atoms with Crippen LogP contribution in [0.4, 0.5) is 17.5 Å². The van der Waals surface area contributed by atoms with E-state index in [1.165, 1.54) is 24.6 Å². The molecule has 4 rings (SSSR count). The molecule has 4 heterocycles. The molecule has 0 radical (unpaired) electrons. The normalized spacial score (nSPS) is 17.6. The second-order valence-electron chi connectivity index (χ2n) is 8.70. The lowest BCUT2D eigenvalue weighted by molar-refractivity contribution is -0.117. The Morgan fingerprint density at radius 3 is 2.77 bits per heavy atom. The average Bonchev–Trinajstić information content (AvgIpc) is 2.79. The van der Waals surface area contributed by atoms with Crippen molar-refractivity contribution in [1.29, 1.82) is 0 Å². The van der Waals surface area contributed by atoms with Gasteiger partial charge in [-0.1, -0.05) is 6.07 Å². The van der Waals surface area contributed by atoms with Crippen molar-refractivity contribution in [2.45, 2.75) is 58.4 Å². The van der Waals surface area contributed by atoms with Gasteiger partial charge in [-0.2, -0.15) is 0 Å². The zero-order valence-electron chi connectivity index (χ0n) is 18.7. The molecule has 0 bridgehead atoms. The van der Waals surface area contributed by atoms with Gasteiger partial charge >= 0.3 is 0 Å². The van der Waals surface area contributed by atoms with E-state index in [4.69, 9.17) is 15.7 Å². The van der Waals surface area contributed by atoms with Gasteiger partial charge in [0.1, 0.15) is 29.1 Å². The van der Waals surface area contributed by atoms with Crippen LogP contribution in [0.1, 0.15) is 54.7 Å². The minimum Gasteiger partial charge on any atom is -0.370 e. The van der Waals surface area contributed by atoms with Gasteiger partial charge in [-0.3, -0.25) is 4.79 Å². The second kappa shape index (κ2) is 9.18. The van der Waals surface area contributed by atoms with Crippen molar-refractivity contribution < 1.29 is 4.79 Å². The summed E-state index contributed by atoms with van der Waals surface area (Å²) in [5.74, 6) is 3.94. The number of aromatic nitrogens is 3. The third kappa shape index (κ3) is 4.79. The minimum atomic E-state index is -0.535. The second-order valence-corrected chi connectivity index (χ2v) is 8.70. The molecule has 1 saturated heterocycles. The fourth-order valence-electron chi connectivity index (χ4n) is 4.40. The van der Waals surface area contributed by atoms with E-state index in [-0.39, 0.29) is 5.78 Å². The lowest BCUT2D eigenvalue weighted by atomic mass is 9.92. The van der Waals surface area contributed by atoms with Crippen molar-refractivity contribution in [3.63, 3.8) is 0 Å². The summed E-state index contributed by atoms with van der Waals surface area (Å²) in [5.41, 5.74) is 9.40. The van der Waals surface area contributed by atoms with Gasteiger partial charge in [0.05, 0.1) is 6.04 Å². The number of hydrogen-bond donors (Lipinski definition) is 3. The van der Waals surface area contributed by atoms with E-state index < -0.39 is 6.04 Å². The lowest BCUT2D eigenvalue weighted by Gasteiger charge is -2.34. The number of carbonyl (C=O) groups is 1. The predicted octanol–water partition coefficient (Wildman–Crippen LogP) is 2.56. The molecule has 0 aromatic carbocycles. The first-order valence-corrected chi connectivity index (χ1v) is 11.3. The number of Topliss-reactive ketones (excluding diaryl/α,β-unsaturated/α-hetero) is 1. The summed E-state index contributed by atoms with van der Waals surface area (Å²) in [5, 5.41) is 6.69. The number of carbonyl (C=O) groups excluding carboxylic acids is 1. The first-order chi connectivity index (χ1) is 14.9. The molecule has 4 N–H and O–H groups in total. The molecule has 2 aromatic heterocycles. The van der Waals surface area contributed by atoms with Gasteiger partial charge in [0.15, 0.2) is 0 Å². The molecule has 31 heavy (non-hydrogen) atoms. The Kier molecular flexibility index (Phi) is 6.36. The number of nitrogens with zero attached hydrogens (tertiary/aromatic N) is 4. The van der Waals surface area contributed by atoms with E-state index in [2.05, 4.69) is 32.7 Å². The van der Waals surface area contributed by atoms with Crippen LogP contribution in [0.3, 0.4) is 0 Å². The number of pyridine rings is 1. The fraction of sp³-hybridized carbons (Fsp3) is 0.565. The van der Waals surface area contributed by atoms with Crippen molar-refractivity contribution in [2.24, 2.45) is 5.73 Å². The Labute approximate surface area is 184 Å². The largest absolute Gasteiger partial charge is 0.370 e. The molecule has 8 heteroatoms.